The minimum atomic E-state index is -4.02. The Kier molecular flexibility index (Phi) is 59.1. The number of rotatable bonds is 56. The second-order valence-corrected chi connectivity index (χ2v) is 41.1. The summed E-state index contributed by atoms with van der Waals surface area (Å²) in [5.74, 6) is -0.774. The fourth-order valence-corrected chi connectivity index (χ4v) is 20.4. The molecular weight excluding hydrogens is 1980 g/mol. The van der Waals surface area contributed by atoms with E-state index < -0.39 is 32.2 Å². The van der Waals surface area contributed by atoms with E-state index >= 15 is 0 Å². The van der Waals surface area contributed by atoms with Crippen LogP contribution in [-0.2, 0) is 66.6 Å². The summed E-state index contributed by atoms with van der Waals surface area (Å²) in [4.78, 5) is 81.7. The average molecular weight is 2130 g/mol. The predicted molar refractivity (Wildman–Crippen MR) is 529 cm³/mol. The van der Waals surface area contributed by atoms with Crippen molar-refractivity contribution in [3.63, 3.8) is 0 Å². The van der Waals surface area contributed by atoms with Gasteiger partial charge in [0.2, 0.25) is 11.8 Å². The number of halogens is 4. The van der Waals surface area contributed by atoms with Gasteiger partial charge < -0.3 is 78.7 Å². The SMILES string of the molecule is Cc1cc(Br)cc(C)c1CC(=O)C[N+](CCCCCCCO)(CCCCCC(=O)O)CCCOCCCN1CCCCC1C(=O)Nc1c(C)cccc1C.Cc1cc(Br)cc(C)c1CC(=O)C[N+](CCCCCCCO)(CCCCCCCN1CCCCC1C(=O)Nc1c(C)cccc1C)CCCCCC(=O)O.Cc1ccc(S(=O)(=O)O)cc1.Cc1ccc(S(=O)(=O)O)cc1.[Br-].[Br-]. The number of carbonyl (C=O) groups excluding carboxylic acids is 4. The van der Waals surface area contributed by atoms with Crippen molar-refractivity contribution in [2.45, 2.75) is 303 Å². The Labute approximate surface area is 828 Å². The van der Waals surface area contributed by atoms with Gasteiger partial charge in [-0.2, -0.15) is 16.8 Å². The van der Waals surface area contributed by atoms with E-state index in [1.807, 2.05) is 52.0 Å². The van der Waals surface area contributed by atoms with Crippen LogP contribution in [0.25, 0.3) is 0 Å². The highest BCUT2D eigenvalue weighted by molar-refractivity contribution is 9.10. The van der Waals surface area contributed by atoms with Crippen LogP contribution in [0, 0.1) is 69.2 Å². The molecule has 2 fully saturated rings. The van der Waals surface area contributed by atoms with Crippen LogP contribution in [0.5, 0.6) is 0 Å². The first-order chi connectivity index (χ1) is 61.9. The molecule has 23 nitrogen and oxygen atoms in total. The molecule has 2 aliphatic heterocycles. The van der Waals surface area contributed by atoms with Gasteiger partial charge in [0, 0.05) is 78.8 Å². The molecule has 0 saturated carbocycles. The summed E-state index contributed by atoms with van der Waals surface area (Å²) in [6, 6.07) is 32.4. The maximum atomic E-state index is 13.9. The molecule has 4 atom stereocenters. The second kappa shape index (κ2) is 65.0. The van der Waals surface area contributed by atoms with E-state index in [0.717, 1.165) is 330 Å². The van der Waals surface area contributed by atoms with E-state index in [-0.39, 0.29) is 105 Å². The summed E-state index contributed by atoms with van der Waals surface area (Å²) in [5, 5.41) is 43.3. The number of carbonyl (C=O) groups is 6. The molecule has 8 N–H and O–H groups in total. The number of amides is 2. The number of anilines is 2. The van der Waals surface area contributed by atoms with Crippen LogP contribution in [-0.4, -0.2) is 218 Å². The van der Waals surface area contributed by atoms with E-state index in [1.165, 1.54) is 24.3 Å². The first-order valence-corrected chi connectivity index (χ1v) is 52.1. The number of hydrogen-bond donors (Lipinski definition) is 8. The van der Waals surface area contributed by atoms with Crippen molar-refractivity contribution in [1.82, 2.24) is 9.80 Å². The quantitative estimate of drug-likeness (QED) is 0.00999. The number of nitrogens with zero attached hydrogens (tertiary/aromatic N) is 4. The number of quaternary nitrogens is 2. The molecule has 2 amide bonds. The number of ketones is 2. The largest absolute Gasteiger partial charge is 1.00 e. The number of carboxylic acid groups (broad SMARTS) is 2. The number of nitrogens with one attached hydrogen (secondary N) is 2. The zero-order valence-electron chi connectivity index (χ0n) is 80.5. The van der Waals surface area contributed by atoms with Crippen molar-refractivity contribution in [1.29, 1.82) is 0 Å². The number of carboxylic acids is 2. The smallest absolute Gasteiger partial charge is 0.303 e. The Morgan fingerprint density at radius 1 is 0.394 bits per heavy atom. The molecule has 6 aromatic rings. The van der Waals surface area contributed by atoms with Crippen LogP contribution in [0.2, 0.25) is 0 Å². The maximum Gasteiger partial charge on any atom is 0.303 e. The zero-order chi connectivity index (χ0) is 95.7. The van der Waals surface area contributed by atoms with Crippen molar-refractivity contribution < 1.29 is 123 Å². The van der Waals surface area contributed by atoms with Crippen molar-refractivity contribution in [2.24, 2.45) is 0 Å². The van der Waals surface area contributed by atoms with E-state index in [0.29, 0.717) is 56.5 Å². The van der Waals surface area contributed by atoms with Crippen molar-refractivity contribution in [3.8, 4) is 0 Å². The third kappa shape index (κ3) is 46.9. The van der Waals surface area contributed by atoms with E-state index in [4.69, 9.17) is 13.8 Å². The third-order valence-corrected chi connectivity index (χ3v) is 28.0. The van der Waals surface area contributed by atoms with Crippen molar-refractivity contribution in [3.05, 3.63) is 185 Å². The summed E-state index contributed by atoms with van der Waals surface area (Å²) < 4.78 is 68.9. The number of benzene rings is 6. The highest BCUT2D eigenvalue weighted by Gasteiger charge is 2.35. The van der Waals surface area contributed by atoms with Gasteiger partial charge in [0.05, 0.1) is 67.8 Å². The van der Waals surface area contributed by atoms with Gasteiger partial charge in [0.15, 0.2) is 11.6 Å². The molecule has 740 valence electrons. The predicted octanol–water partition coefficient (Wildman–Crippen LogP) is 14.6. The number of para-hydroxylation sites is 2. The number of hydrogen-bond acceptors (Lipinski definition) is 15. The van der Waals surface area contributed by atoms with Gasteiger partial charge in [0.25, 0.3) is 20.2 Å². The van der Waals surface area contributed by atoms with Gasteiger partial charge >= 0.3 is 11.9 Å². The van der Waals surface area contributed by atoms with Gasteiger partial charge in [0.1, 0.15) is 13.1 Å². The number of aliphatic hydroxyl groups excluding tert-OH is 2. The Balaban J connectivity index is 0.000000542. The topological polar surface area (TPSA) is 332 Å². The number of likely N-dealkylation sites (tertiary alicyclic amines) is 2. The van der Waals surface area contributed by atoms with Crippen LogP contribution in [0.15, 0.2) is 128 Å². The minimum Gasteiger partial charge on any atom is -1.00 e. The van der Waals surface area contributed by atoms with Crippen molar-refractivity contribution >= 4 is 98.8 Å². The molecule has 0 aromatic heterocycles. The lowest BCUT2D eigenvalue weighted by atomic mass is 9.97. The fourth-order valence-electron chi connectivity index (χ4n) is 18.1. The molecular formula is C103H156Br4N6O17S2. The van der Waals surface area contributed by atoms with E-state index in [2.05, 4.69) is 130 Å². The Hall–Kier alpha value is -6.00. The first kappa shape index (κ1) is 120. The number of ether oxygens (including phenoxy) is 1. The minimum absolute atomic E-state index is 0. The highest BCUT2D eigenvalue weighted by Crippen LogP contribution is 2.30. The molecule has 0 spiro atoms. The van der Waals surface area contributed by atoms with Crippen LogP contribution in [0.3, 0.4) is 0 Å². The number of aliphatic hydroxyl groups is 2. The number of piperidine rings is 2. The third-order valence-electron chi connectivity index (χ3n) is 25.4. The van der Waals surface area contributed by atoms with Gasteiger partial charge in [-0.25, -0.2) is 0 Å². The maximum absolute atomic E-state index is 13.9. The Morgan fingerprint density at radius 3 is 1.02 bits per heavy atom. The summed E-state index contributed by atoms with van der Waals surface area (Å²) in [5.41, 5.74) is 14.9. The molecule has 8 rings (SSSR count). The molecule has 4 unspecified atom stereocenters. The molecule has 0 radical (unpaired) electrons. The normalized spacial score (nSPS) is 14.9. The molecule has 2 aliphatic rings. The summed E-state index contributed by atoms with van der Waals surface area (Å²) in [6.45, 7) is 31.9. The molecule has 2 heterocycles. The van der Waals surface area contributed by atoms with E-state index in [1.54, 1.807) is 24.3 Å². The molecule has 132 heavy (non-hydrogen) atoms. The van der Waals surface area contributed by atoms with Gasteiger partial charge in [-0.05, 0) is 321 Å². The zero-order valence-corrected chi connectivity index (χ0v) is 88.5. The lowest BCUT2D eigenvalue weighted by Crippen LogP contribution is -3.00. The van der Waals surface area contributed by atoms with Crippen LogP contribution in [0.4, 0.5) is 11.4 Å². The van der Waals surface area contributed by atoms with Crippen molar-refractivity contribution in [2.75, 3.05) is 116 Å². The lowest BCUT2D eigenvalue weighted by Gasteiger charge is -2.39. The summed E-state index contributed by atoms with van der Waals surface area (Å²) in [7, 11) is -8.04. The molecule has 0 aliphatic carbocycles. The molecule has 29 heteroatoms. The molecule has 6 aromatic carbocycles. The highest BCUT2D eigenvalue weighted by atomic mass is 79.9. The van der Waals surface area contributed by atoms with Crippen LogP contribution in [0.1, 0.15) is 266 Å². The fraction of sp³-hybridized carbons (Fsp3) is 0.592. The Bertz CT molecular complexity index is 4300. The Morgan fingerprint density at radius 2 is 0.689 bits per heavy atom. The number of Topliss-reactive ketones (excluding diaryl/α,β-unsaturated/α-hetero) is 2. The molecule has 0 bridgehead atoms. The first-order valence-electron chi connectivity index (χ1n) is 47.7. The number of aliphatic carboxylic acids is 2. The van der Waals surface area contributed by atoms with Gasteiger partial charge in [-0.3, -0.25) is 47.7 Å². The number of unbranched alkanes of at least 4 members (excludes halogenated alkanes) is 16. The monoisotopic (exact) mass is 2130 g/mol. The number of aryl methyl sites for hydroxylation is 10. The lowest BCUT2D eigenvalue weighted by molar-refractivity contribution is -0.921. The van der Waals surface area contributed by atoms with Crippen LogP contribution >= 0.6 is 31.9 Å². The second-order valence-electron chi connectivity index (χ2n) is 36.5. The van der Waals surface area contributed by atoms with E-state index in [9.17, 15) is 66.0 Å². The van der Waals surface area contributed by atoms with Gasteiger partial charge in [-0.1, -0.05) is 155 Å². The van der Waals surface area contributed by atoms with Gasteiger partial charge in [-0.15, -0.1) is 0 Å². The standard InChI is InChI=1S/C45H70BrN3O5.C44H68BrN3O6.2C7H8O3S.2BrH/c1-35-21-20-22-36(2)44(35)47-45(54)42-23-13-15-26-48(42)25-14-7-5-8-16-27-49(28-17-9-6-10-19-30-50,29-18-11-12-24-43(52)53)34-40(51)33-41-37(3)31-39(46)32-38(41)4;1-34-18-15-19-35(2)43(34)46-44(53)41-20-10-11-22-47(41)23-16-28-54-29-17-26-48(24-12-6-5-7-14-27-49,25-13-8-9-21-42(51)52)33-39(50)32-40-36(3)30-38(45)31-37(40)4;2*1-6-2-4-7(5-3-6)11(8,9)10;;/h20-22,31-32,42,50H,5-19,23-30,33-34H2,1-4H3,(H-,47,52,53,54);15,18-19,30-31,41,49H,5-14,16-17,20-29,32-33H2,1-4H3,(H-,46,51,52,53);2*2-5H,1H3,(H,8,9,10);2*1H. The average Bonchev–Trinajstić information content (AvgIpc) is 0.825. The summed E-state index contributed by atoms with van der Waals surface area (Å²) >= 11 is 7.19. The summed E-state index contributed by atoms with van der Waals surface area (Å²) in [6.07, 6.45) is 29.5. The molecule has 2 saturated heterocycles. The van der Waals surface area contributed by atoms with Crippen LogP contribution < -0.4 is 44.6 Å².